The molecule has 0 bridgehead atoms. The van der Waals surface area contributed by atoms with Crippen molar-refractivity contribution in [1.82, 2.24) is 19.5 Å². The van der Waals surface area contributed by atoms with Crippen LogP contribution < -0.4 is 5.56 Å². The number of fused-ring (bicyclic) bond motifs is 2. The second kappa shape index (κ2) is 6.20. The third kappa shape index (κ3) is 2.92. The molecule has 2 aromatic carbocycles. The van der Waals surface area contributed by atoms with Crippen LogP contribution in [0.3, 0.4) is 0 Å². The zero-order valence-electron chi connectivity index (χ0n) is 13.7. The molecule has 0 amide bonds. The van der Waals surface area contributed by atoms with E-state index in [9.17, 15) is 4.79 Å². The van der Waals surface area contributed by atoms with Gasteiger partial charge in [-0.15, -0.1) is 0 Å². The average Bonchev–Trinajstić information content (AvgIpc) is 2.90. The lowest BCUT2D eigenvalue weighted by molar-refractivity contribution is 0.806. The number of imidazole rings is 1. The van der Waals surface area contributed by atoms with Crippen molar-refractivity contribution in [2.75, 3.05) is 0 Å². The van der Waals surface area contributed by atoms with E-state index in [4.69, 9.17) is 11.6 Å². The molecule has 4 aromatic rings. The highest BCUT2D eigenvalue weighted by molar-refractivity contribution is 7.99. The van der Waals surface area contributed by atoms with Crippen molar-refractivity contribution in [3.63, 3.8) is 0 Å². The van der Waals surface area contributed by atoms with Gasteiger partial charge < -0.3 is 9.55 Å². The van der Waals surface area contributed by atoms with Crippen molar-refractivity contribution in [1.29, 1.82) is 0 Å². The lowest BCUT2D eigenvalue weighted by Crippen LogP contribution is -2.13. The molecule has 25 heavy (non-hydrogen) atoms. The number of nitrogens with zero attached hydrogens (tertiary/aromatic N) is 3. The summed E-state index contributed by atoms with van der Waals surface area (Å²) in [7, 11) is 1.97. The number of nitrogens with one attached hydrogen (secondary N) is 1. The van der Waals surface area contributed by atoms with Gasteiger partial charge in [0.05, 0.1) is 27.2 Å². The summed E-state index contributed by atoms with van der Waals surface area (Å²) < 4.78 is 2.02. The van der Waals surface area contributed by atoms with Crippen molar-refractivity contribution < 1.29 is 0 Å². The summed E-state index contributed by atoms with van der Waals surface area (Å²) in [5, 5.41) is 2.06. The molecule has 126 valence electrons. The average molecular weight is 371 g/mol. The van der Waals surface area contributed by atoms with E-state index in [0.29, 0.717) is 21.7 Å². The number of aromatic amines is 1. The molecule has 0 spiro atoms. The van der Waals surface area contributed by atoms with Gasteiger partial charge in [-0.05, 0) is 37.3 Å². The van der Waals surface area contributed by atoms with E-state index in [1.54, 1.807) is 17.8 Å². The Morgan fingerprint density at radius 2 is 1.96 bits per heavy atom. The van der Waals surface area contributed by atoms with Crippen molar-refractivity contribution in [2.24, 2.45) is 7.05 Å². The fraction of sp³-hybridized carbons (Fsp3) is 0.167. The molecule has 1 unspecified atom stereocenters. The van der Waals surface area contributed by atoms with Gasteiger partial charge >= 0.3 is 0 Å². The quantitative estimate of drug-likeness (QED) is 0.545. The van der Waals surface area contributed by atoms with Crippen molar-refractivity contribution in [3.05, 3.63) is 63.7 Å². The maximum atomic E-state index is 12.3. The Hall–Kier alpha value is -2.31. The van der Waals surface area contributed by atoms with Gasteiger partial charge in [-0.3, -0.25) is 4.79 Å². The minimum atomic E-state index is -0.121. The van der Waals surface area contributed by atoms with Crippen LogP contribution >= 0.6 is 23.4 Å². The van der Waals surface area contributed by atoms with Crippen LogP contribution in [0.25, 0.3) is 21.9 Å². The van der Waals surface area contributed by atoms with E-state index in [2.05, 4.69) is 15.0 Å². The number of aryl methyl sites for hydroxylation is 1. The van der Waals surface area contributed by atoms with E-state index < -0.39 is 0 Å². The van der Waals surface area contributed by atoms with E-state index in [-0.39, 0.29) is 10.8 Å². The van der Waals surface area contributed by atoms with Gasteiger partial charge in [0, 0.05) is 12.1 Å². The van der Waals surface area contributed by atoms with Crippen LogP contribution in [0.1, 0.15) is 18.0 Å². The first kappa shape index (κ1) is 16.2. The number of hydrogen-bond acceptors (Lipinski definition) is 4. The number of halogens is 1. The Morgan fingerprint density at radius 1 is 1.16 bits per heavy atom. The number of benzene rings is 2. The topological polar surface area (TPSA) is 63.6 Å². The lowest BCUT2D eigenvalue weighted by atomic mass is 10.2. The van der Waals surface area contributed by atoms with E-state index in [0.717, 1.165) is 16.2 Å². The van der Waals surface area contributed by atoms with Gasteiger partial charge in [-0.2, -0.15) is 0 Å². The maximum Gasteiger partial charge on any atom is 0.258 e. The van der Waals surface area contributed by atoms with Crippen LogP contribution in [0.15, 0.2) is 52.4 Å². The molecular weight excluding hydrogens is 356 g/mol. The third-order valence-electron chi connectivity index (χ3n) is 4.10. The summed E-state index contributed by atoms with van der Waals surface area (Å²) in [6, 6.07) is 13.0. The Bertz CT molecular complexity index is 1150. The van der Waals surface area contributed by atoms with Crippen LogP contribution in [0.2, 0.25) is 5.02 Å². The largest absolute Gasteiger partial charge is 0.322 e. The second-order valence-electron chi connectivity index (χ2n) is 5.81. The first-order valence-electron chi connectivity index (χ1n) is 7.80. The van der Waals surface area contributed by atoms with Gasteiger partial charge in [0.15, 0.2) is 5.16 Å². The van der Waals surface area contributed by atoms with Crippen molar-refractivity contribution in [3.8, 4) is 0 Å². The predicted octanol–water partition coefficient (Wildman–Crippen LogP) is 4.32. The number of para-hydroxylation sites is 1. The lowest BCUT2D eigenvalue weighted by Gasteiger charge is -2.11. The number of thioether (sulfide) groups is 1. The Morgan fingerprint density at radius 3 is 2.80 bits per heavy atom. The SMILES string of the molecule is CC(Sc1nc2cc(Cl)ccc2n1C)c1nc2ccccc2c(=O)[nH]1. The minimum absolute atomic E-state index is 0.0525. The summed E-state index contributed by atoms with van der Waals surface area (Å²) in [5.41, 5.74) is 2.44. The zero-order chi connectivity index (χ0) is 17.6. The van der Waals surface area contributed by atoms with Crippen LogP contribution in [0, 0.1) is 0 Å². The monoisotopic (exact) mass is 370 g/mol. The van der Waals surface area contributed by atoms with Crippen molar-refractivity contribution in [2.45, 2.75) is 17.3 Å². The summed E-state index contributed by atoms with van der Waals surface area (Å²) in [6.45, 7) is 2.00. The molecule has 0 aliphatic rings. The first-order valence-corrected chi connectivity index (χ1v) is 9.06. The van der Waals surface area contributed by atoms with E-state index in [1.165, 1.54) is 0 Å². The van der Waals surface area contributed by atoms with Crippen LogP contribution in [0.4, 0.5) is 0 Å². The fourth-order valence-corrected chi connectivity index (χ4v) is 3.88. The normalized spacial score (nSPS) is 12.8. The fourth-order valence-electron chi connectivity index (χ4n) is 2.77. The Labute approximate surface area is 153 Å². The maximum absolute atomic E-state index is 12.3. The first-order chi connectivity index (χ1) is 12.0. The van der Waals surface area contributed by atoms with Gasteiger partial charge in [-0.25, -0.2) is 9.97 Å². The third-order valence-corrected chi connectivity index (χ3v) is 5.49. The molecule has 7 heteroatoms. The molecule has 0 aliphatic heterocycles. The molecule has 4 rings (SSSR count). The molecule has 0 radical (unpaired) electrons. The summed E-state index contributed by atoms with van der Waals surface area (Å²) in [4.78, 5) is 24.4. The van der Waals surface area contributed by atoms with E-state index >= 15 is 0 Å². The number of aromatic nitrogens is 4. The Kier molecular flexibility index (Phi) is 4.01. The summed E-state index contributed by atoms with van der Waals surface area (Å²) >= 11 is 7.60. The predicted molar refractivity (Wildman–Crippen MR) is 102 cm³/mol. The molecule has 0 saturated heterocycles. The second-order valence-corrected chi connectivity index (χ2v) is 7.56. The van der Waals surface area contributed by atoms with Crippen LogP contribution in [-0.2, 0) is 7.05 Å². The molecule has 1 N–H and O–H groups in total. The van der Waals surface area contributed by atoms with Crippen LogP contribution in [-0.4, -0.2) is 19.5 Å². The molecule has 2 heterocycles. The number of hydrogen-bond donors (Lipinski definition) is 1. The van der Waals surface area contributed by atoms with Crippen LogP contribution in [0.5, 0.6) is 0 Å². The minimum Gasteiger partial charge on any atom is -0.322 e. The molecular formula is C18H15ClN4OS. The molecule has 1 atom stereocenters. The highest BCUT2D eigenvalue weighted by Gasteiger charge is 2.16. The highest BCUT2D eigenvalue weighted by Crippen LogP contribution is 2.34. The Balaban J connectivity index is 1.71. The molecule has 0 aliphatic carbocycles. The molecule has 0 saturated carbocycles. The van der Waals surface area contributed by atoms with Gasteiger partial charge in [-0.1, -0.05) is 35.5 Å². The highest BCUT2D eigenvalue weighted by atomic mass is 35.5. The molecule has 5 nitrogen and oxygen atoms in total. The summed E-state index contributed by atoms with van der Waals surface area (Å²) in [5.74, 6) is 0.638. The van der Waals surface area contributed by atoms with Crippen molar-refractivity contribution >= 4 is 45.3 Å². The number of H-pyrrole nitrogens is 1. The summed E-state index contributed by atoms with van der Waals surface area (Å²) in [6.07, 6.45) is 0. The number of rotatable bonds is 3. The smallest absolute Gasteiger partial charge is 0.258 e. The van der Waals surface area contributed by atoms with Gasteiger partial charge in [0.2, 0.25) is 0 Å². The van der Waals surface area contributed by atoms with Gasteiger partial charge in [0.25, 0.3) is 5.56 Å². The van der Waals surface area contributed by atoms with Gasteiger partial charge in [0.1, 0.15) is 5.82 Å². The zero-order valence-corrected chi connectivity index (χ0v) is 15.2. The molecule has 2 aromatic heterocycles. The van der Waals surface area contributed by atoms with E-state index in [1.807, 2.05) is 54.9 Å². The molecule has 0 fully saturated rings. The standard InChI is InChI=1S/C18H15ClN4OS/c1-10(16-20-13-6-4-3-5-12(13)17(24)22-16)25-18-21-14-9-11(19)7-8-15(14)23(18)2/h3-10H,1-2H3,(H,20,22,24).